The van der Waals surface area contributed by atoms with Crippen LogP contribution in [0.1, 0.15) is 5.69 Å². The van der Waals surface area contributed by atoms with E-state index in [9.17, 15) is 0 Å². The third kappa shape index (κ3) is 1.28. The minimum absolute atomic E-state index is 0.458. The third-order valence-corrected chi connectivity index (χ3v) is 3.64. The zero-order valence-electron chi connectivity index (χ0n) is 8.43. The second-order valence-corrected chi connectivity index (χ2v) is 4.68. The van der Waals surface area contributed by atoms with Crippen molar-refractivity contribution in [1.29, 1.82) is 5.26 Å². The summed E-state index contributed by atoms with van der Waals surface area (Å²) in [5.74, 6) is 0. The molecule has 0 radical (unpaired) electrons. The summed E-state index contributed by atoms with van der Waals surface area (Å²) in [6, 6.07) is 4.27. The molecule has 4 nitrogen and oxygen atoms in total. The van der Waals surface area contributed by atoms with Crippen molar-refractivity contribution in [3.05, 3.63) is 29.5 Å². The van der Waals surface area contributed by atoms with Gasteiger partial charge in [0, 0.05) is 23.3 Å². The Morgan fingerprint density at radius 3 is 3.00 bits per heavy atom. The highest BCUT2D eigenvalue weighted by molar-refractivity contribution is 7.13. The van der Waals surface area contributed by atoms with Gasteiger partial charge in [-0.25, -0.2) is 4.98 Å². The van der Waals surface area contributed by atoms with Crippen molar-refractivity contribution in [2.45, 2.75) is 5.41 Å². The number of aromatic nitrogens is 2. The fraction of sp³-hybridized carbons (Fsp3) is 0.273. The van der Waals surface area contributed by atoms with Gasteiger partial charge >= 0.3 is 0 Å². The first-order valence-electron chi connectivity index (χ1n) is 4.92. The van der Waals surface area contributed by atoms with Gasteiger partial charge in [-0.3, -0.25) is 0 Å². The Kier molecular flexibility index (Phi) is 2.06. The molecule has 0 aromatic carbocycles. The van der Waals surface area contributed by atoms with E-state index in [1.807, 2.05) is 23.8 Å². The van der Waals surface area contributed by atoms with Crippen LogP contribution in [0.5, 0.6) is 0 Å². The lowest BCUT2D eigenvalue weighted by Gasteiger charge is -2.33. The summed E-state index contributed by atoms with van der Waals surface area (Å²) >= 11 is 1.56. The van der Waals surface area contributed by atoms with E-state index in [1.165, 1.54) is 0 Å². The molecule has 1 fully saturated rings. The fourth-order valence-electron chi connectivity index (χ4n) is 1.66. The molecule has 1 aliphatic rings. The molecule has 0 spiro atoms. The predicted octanol–water partition coefficient (Wildman–Crippen LogP) is 1.93. The maximum absolute atomic E-state index is 9.16. The topological polar surface area (TPSA) is 61.7 Å². The first-order valence-corrected chi connectivity index (χ1v) is 5.80. The van der Waals surface area contributed by atoms with Crippen molar-refractivity contribution in [2.75, 3.05) is 13.2 Å². The van der Waals surface area contributed by atoms with E-state index in [4.69, 9.17) is 10.00 Å². The lowest BCUT2D eigenvalue weighted by molar-refractivity contribution is -0.0314. The summed E-state index contributed by atoms with van der Waals surface area (Å²) < 4.78 is 5.12. The average Bonchev–Trinajstić information content (AvgIpc) is 2.86. The minimum atomic E-state index is -0.509. The molecule has 16 heavy (non-hydrogen) atoms. The molecule has 0 aliphatic carbocycles. The number of hydrogen-bond acceptors (Lipinski definition) is 4. The molecule has 1 N–H and O–H groups in total. The molecule has 0 saturated carbocycles. The molecule has 1 saturated heterocycles. The second-order valence-electron chi connectivity index (χ2n) is 3.82. The maximum atomic E-state index is 9.16. The Labute approximate surface area is 96.5 Å². The van der Waals surface area contributed by atoms with Gasteiger partial charge in [0.05, 0.1) is 25.0 Å². The van der Waals surface area contributed by atoms with Crippen LogP contribution in [0.25, 0.3) is 10.6 Å². The highest BCUT2D eigenvalue weighted by Crippen LogP contribution is 2.34. The number of thiazole rings is 1. The lowest BCUT2D eigenvalue weighted by Crippen LogP contribution is -2.45. The van der Waals surface area contributed by atoms with Gasteiger partial charge in [-0.1, -0.05) is 0 Å². The molecule has 2 aromatic rings. The normalized spacial score (nSPS) is 17.7. The Balaban J connectivity index is 1.97. The van der Waals surface area contributed by atoms with Crippen molar-refractivity contribution >= 4 is 11.3 Å². The van der Waals surface area contributed by atoms with E-state index in [0.717, 1.165) is 16.3 Å². The molecule has 3 heterocycles. The number of nitrogens with zero attached hydrogens (tertiary/aromatic N) is 2. The summed E-state index contributed by atoms with van der Waals surface area (Å²) in [5.41, 5.74) is 1.39. The summed E-state index contributed by atoms with van der Waals surface area (Å²) in [4.78, 5) is 7.51. The van der Waals surface area contributed by atoms with E-state index in [1.54, 1.807) is 11.3 Å². The lowest BCUT2D eigenvalue weighted by atomic mass is 9.85. The standard InChI is InChI=1S/C11H9N3OS/c12-5-11(6-15-7-11)9-4-16-10(14-9)8-1-2-13-3-8/h1-4,13H,6-7H2. The number of rotatable bonds is 2. The van der Waals surface area contributed by atoms with Crippen LogP contribution in [0.3, 0.4) is 0 Å². The molecule has 5 heteroatoms. The van der Waals surface area contributed by atoms with Gasteiger partial charge in [0.25, 0.3) is 0 Å². The fourth-order valence-corrected chi connectivity index (χ4v) is 2.57. The largest absolute Gasteiger partial charge is 0.377 e. The van der Waals surface area contributed by atoms with E-state index >= 15 is 0 Å². The van der Waals surface area contributed by atoms with Gasteiger partial charge in [-0.2, -0.15) is 5.26 Å². The minimum Gasteiger partial charge on any atom is -0.377 e. The summed E-state index contributed by atoms with van der Waals surface area (Å²) in [6.45, 7) is 0.916. The molecule has 0 amide bonds. The van der Waals surface area contributed by atoms with Crippen LogP contribution >= 0.6 is 11.3 Å². The monoisotopic (exact) mass is 231 g/mol. The van der Waals surface area contributed by atoms with Gasteiger partial charge in [0.15, 0.2) is 0 Å². The van der Waals surface area contributed by atoms with Crippen molar-refractivity contribution in [3.63, 3.8) is 0 Å². The van der Waals surface area contributed by atoms with Gasteiger partial charge in [0.1, 0.15) is 10.4 Å². The SMILES string of the molecule is N#CC1(c2csc(-c3cc[nH]c3)n2)COC1. The summed E-state index contributed by atoms with van der Waals surface area (Å²) in [6.07, 6.45) is 3.77. The van der Waals surface area contributed by atoms with E-state index in [2.05, 4.69) is 16.0 Å². The van der Waals surface area contributed by atoms with E-state index in [-0.39, 0.29) is 0 Å². The van der Waals surface area contributed by atoms with Gasteiger partial charge in [0.2, 0.25) is 0 Å². The maximum Gasteiger partial charge on any atom is 0.146 e. The highest BCUT2D eigenvalue weighted by atomic mass is 32.1. The Morgan fingerprint density at radius 2 is 2.44 bits per heavy atom. The number of nitriles is 1. The highest BCUT2D eigenvalue weighted by Gasteiger charge is 2.43. The number of H-pyrrole nitrogens is 1. The molecule has 0 atom stereocenters. The van der Waals surface area contributed by atoms with Crippen molar-refractivity contribution in [2.24, 2.45) is 0 Å². The molecule has 0 bridgehead atoms. The molecule has 0 unspecified atom stereocenters. The Hall–Kier alpha value is -1.64. The van der Waals surface area contributed by atoms with Crippen LogP contribution in [0, 0.1) is 11.3 Å². The van der Waals surface area contributed by atoms with E-state index in [0.29, 0.717) is 13.2 Å². The van der Waals surface area contributed by atoms with Crippen LogP contribution in [0.4, 0.5) is 0 Å². The predicted molar refractivity (Wildman–Crippen MR) is 60.0 cm³/mol. The zero-order valence-corrected chi connectivity index (χ0v) is 9.25. The molecule has 1 aliphatic heterocycles. The number of aromatic amines is 1. The molecular formula is C11H9N3OS. The number of ether oxygens (including phenoxy) is 1. The van der Waals surface area contributed by atoms with Crippen LogP contribution in [0.2, 0.25) is 0 Å². The van der Waals surface area contributed by atoms with Gasteiger partial charge in [-0.05, 0) is 6.07 Å². The van der Waals surface area contributed by atoms with Crippen molar-refractivity contribution < 1.29 is 4.74 Å². The molecule has 3 rings (SSSR count). The second kappa shape index (κ2) is 3.44. The van der Waals surface area contributed by atoms with E-state index < -0.39 is 5.41 Å². The average molecular weight is 231 g/mol. The molecular weight excluding hydrogens is 222 g/mol. The van der Waals surface area contributed by atoms with Crippen molar-refractivity contribution in [3.8, 4) is 16.6 Å². The van der Waals surface area contributed by atoms with Gasteiger partial charge < -0.3 is 9.72 Å². The van der Waals surface area contributed by atoms with Crippen LogP contribution < -0.4 is 0 Å². The molecule has 2 aromatic heterocycles. The summed E-state index contributed by atoms with van der Waals surface area (Å²) in [5, 5.41) is 12.1. The Morgan fingerprint density at radius 1 is 1.56 bits per heavy atom. The smallest absolute Gasteiger partial charge is 0.146 e. The number of hydrogen-bond donors (Lipinski definition) is 1. The summed E-state index contributed by atoms with van der Waals surface area (Å²) in [7, 11) is 0. The zero-order chi connectivity index (χ0) is 11.0. The first-order chi connectivity index (χ1) is 7.84. The van der Waals surface area contributed by atoms with Gasteiger partial charge in [-0.15, -0.1) is 11.3 Å². The third-order valence-electron chi connectivity index (χ3n) is 2.75. The van der Waals surface area contributed by atoms with Crippen LogP contribution in [-0.4, -0.2) is 23.2 Å². The van der Waals surface area contributed by atoms with Crippen LogP contribution in [-0.2, 0) is 10.2 Å². The Bertz CT molecular complexity index is 534. The number of nitrogens with one attached hydrogen (secondary N) is 1. The van der Waals surface area contributed by atoms with Crippen LogP contribution in [0.15, 0.2) is 23.8 Å². The quantitative estimate of drug-likeness (QED) is 0.859. The first kappa shape index (κ1) is 9.58. The molecule has 80 valence electrons. The van der Waals surface area contributed by atoms with Crippen molar-refractivity contribution in [1.82, 2.24) is 9.97 Å².